The maximum atomic E-state index is 12.4. The number of methoxy groups -OCH3 is 1. The lowest BCUT2D eigenvalue weighted by Gasteiger charge is -2.10. The van der Waals surface area contributed by atoms with Crippen molar-refractivity contribution in [3.05, 3.63) is 39.8 Å². The van der Waals surface area contributed by atoms with E-state index in [1.807, 2.05) is 39.8 Å². The number of benzene rings is 1. The van der Waals surface area contributed by atoms with Crippen LogP contribution in [0.5, 0.6) is 0 Å². The molecule has 1 N–H and O–H groups in total. The summed E-state index contributed by atoms with van der Waals surface area (Å²) in [5.74, 6) is -0.720. The van der Waals surface area contributed by atoms with Gasteiger partial charge >= 0.3 is 5.97 Å². The number of rotatable bonds is 4. The van der Waals surface area contributed by atoms with Gasteiger partial charge in [-0.2, -0.15) is 0 Å². The van der Waals surface area contributed by atoms with Gasteiger partial charge in [0.25, 0.3) is 0 Å². The Morgan fingerprint density at radius 1 is 1.12 bits per heavy atom. The summed E-state index contributed by atoms with van der Waals surface area (Å²) in [6.45, 7) is 9.68. The molecule has 1 amide bonds. The van der Waals surface area contributed by atoms with Crippen LogP contribution in [0.4, 0.5) is 5.00 Å². The summed E-state index contributed by atoms with van der Waals surface area (Å²) in [6.07, 6.45) is 0. The van der Waals surface area contributed by atoms with E-state index in [1.165, 1.54) is 24.0 Å². The van der Waals surface area contributed by atoms with Crippen LogP contribution < -0.4 is 5.32 Å². The zero-order valence-corrected chi connectivity index (χ0v) is 15.8. The molecule has 0 aliphatic heterocycles. The van der Waals surface area contributed by atoms with Crippen molar-refractivity contribution in [3.8, 4) is 11.1 Å². The number of carbonyl (C=O) groups excluding carboxylic acids is 2. The number of amides is 1. The molecule has 0 fully saturated rings. The molecule has 5 heteroatoms. The zero-order chi connectivity index (χ0) is 18.0. The first-order chi connectivity index (χ1) is 11.3. The molecule has 0 unspecified atom stereocenters. The summed E-state index contributed by atoms with van der Waals surface area (Å²) in [6, 6.07) is 6.10. The molecule has 2 rings (SSSR count). The van der Waals surface area contributed by atoms with Gasteiger partial charge in [0.1, 0.15) is 10.6 Å². The van der Waals surface area contributed by atoms with Crippen LogP contribution in [0, 0.1) is 26.7 Å². The summed E-state index contributed by atoms with van der Waals surface area (Å²) < 4.78 is 4.96. The first kappa shape index (κ1) is 18.2. The van der Waals surface area contributed by atoms with Gasteiger partial charge in [0.05, 0.1) is 7.11 Å². The minimum Gasteiger partial charge on any atom is -0.465 e. The highest BCUT2D eigenvalue weighted by Crippen LogP contribution is 2.41. The Bertz CT molecular complexity index is 790. The van der Waals surface area contributed by atoms with E-state index >= 15 is 0 Å². The minimum atomic E-state index is -0.438. The lowest BCUT2D eigenvalue weighted by atomic mass is 9.97. The highest BCUT2D eigenvalue weighted by atomic mass is 32.1. The number of esters is 1. The fourth-order valence-corrected chi connectivity index (χ4v) is 3.50. The van der Waals surface area contributed by atoms with Crippen molar-refractivity contribution in [2.24, 2.45) is 5.92 Å². The molecule has 128 valence electrons. The third kappa shape index (κ3) is 3.51. The summed E-state index contributed by atoms with van der Waals surface area (Å²) in [5, 5.41) is 3.41. The fraction of sp³-hybridized carbons (Fsp3) is 0.368. The predicted molar refractivity (Wildman–Crippen MR) is 98.8 cm³/mol. The number of nitrogens with one attached hydrogen (secondary N) is 1. The van der Waals surface area contributed by atoms with Crippen LogP contribution >= 0.6 is 11.3 Å². The van der Waals surface area contributed by atoms with E-state index in [1.54, 1.807) is 0 Å². The van der Waals surface area contributed by atoms with E-state index in [2.05, 4.69) is 18.3 Å². The molecular formula is C19H23NO3S. The number of thiophene rings is 1. The third-order valence-corrected chi connectivity index (χ3v) is 5.05. The molecule has 1 heterocycles. The SMILES string of the molecule is COC(=O)c1c(NC(=O)C(C)C)sc(C)c1-c1ccc(C)c(C)c1. The van der Waals surface area contributed by atoms with E-state index in [0.717, 1.165) is 21.6 Å². The van der Waals surface area contributed by atoms with Gasteiger partial charge < -0.3 is 10.1 Å². The summed E-state index contributed by atoms with van der Waals surface area (Å²) in [4.78, 5) is 25.4. The van der Waals surface area contributed by atoms with Gasteiger partial charge in [-0.1, -0.05) is 32.0 Å². The molecule has 4 nitrogen and oxygen atoms in total. The maximum Gasteiger partial charge on any atom is 0.341 e. The number of carbonyl (C=O) groups is 2. The maximum absolute atomic E-state index is 12.4. The average molecular weight is 345 g/mol. The number of ether oxygens (including phenoxy) is 1. The van der Waals surface area contributed by atoms with Gasteiger partial charge in [0.2, 0.25) is 5.91 Å². The highest BCUT2D eigenvalue weighted by Gasteiger charge is 2.25. The Kier molecular flexibility index (Phi) is 5.44. The molecule has 0 aliphatic carbocycles. The number of anilines is 1. The summed E-state index contributed by atoms with van der Waals surface area (Å²) >= 11 is 1.40. The van der Waals surface area contributed by atoms with Crippen LogP contribution in [0.15, 0.2) is 18.2 Å². The topological polar surface area (TPSA) is 55.4 Å². The van der Waals surface area contributed by atoms with Crippen molar-refractivity contribution in [1.29, 1.82) is 0 Å². The molecular weight excluding hydrogens is 322 g/mol. The second-order valence-electron chi connectivity index (χ2n) is 6.17. The van der Waals surface area contributed by atoms with Crippen molar-refractivity contribution in [2.45, 2.75) is 34.6 Å². The molecule has 0 atom stereocenters. The Balaban J connectivity index is 2.62. The predicted octanol–water partition coefficient (Wildman–Crippen LogP) is 4.72. The third-order valence-electron chi connectivity index (χ3n) is 4.03. The van der Waals surface area contributed by atoms with Crippen LogP contribution in [0.2, 0.25) is 0 Å². The smallest absolute Gasteiger partial charge is 0.341 e. The van der Waals surface area contributed by atoms with Crippen molar-refractivity contribution in [2.75, 3.05) is 12.4 Å². The van der Waals surface area contributed by atoms with Crippen molar-refractivity contribution < 1.29 is 14.3 Å². The van der Waals surface area contributed by atoms with E-state index in [4.69, 9.17) is 4.74 Å². The van der Waals surface area contributed by atoms with Crippen LogP contribution in [0.1, 0.15) is 40.2 Å². The molecule has 0 spiro atoms. The molecule has 0 aliphatic rings. The Morgan fingerprint density at radius 2 is 1.79 bits per heavy atom. The molecule has 0 saturated carbocycles. The van der Waals surface area contributed by atoms with Gasteiger partial charge in [0, 0.05) is 16.4 Å². The van der Waals surface area contributed by atoms with Crippen molar-refractivity contribution in [1.82, 2.24) is 0 Å². The van der Waals surface area contributed by atoms with Gasteiger partial charge in [-0.15, -0.1) is 11.3 Å². The summed E-state index contributed by atoms with van der Waals surface area (Å²) in [5.41, 5.74) is 4.56. The fourth-order valence-electron chi connectivity index (χ4n) is 2.43. The van der Waals surface area contributed by atoms with Crippen molar-refractivity contribution in [3.63, 3.8) is 0 Å². The number of hydrogen-bond donors (Lipinski definition) is 1. The minimum absolute atomic E-state index is 0.118. The average Bonchev–Trinajstić information content (AvgIpc) is 2.85. The van der Waals surface area contributed by atoms with Crippen molar-refractivity contribution >= 4 is 28.2 Å². The zero-order valence-electron chi connectivity index (χ0n) is 14.9. The number of aryl methyl sites for hydroxylation is 3. The first-order valence-corrected chi connectivity index (χ1v) is 8.68. The monoisotopic (exact) mass is 345 g/mol. The second kappa shape index (κ2) is 7.18. The van der Waals surface area contributed by atoms with Crippen LogP contribution in [0.25, 0.3) is 11.1 Å². The lowest BCUT2D eigenvalue weighted by Crippen LogP contribution is -2.18. The molecule has 0 saturated heterocycles. The van der Waals surface area contributed by atoms with Gasteiger partial charge in [0.15, 0.2) is 0 Å². The van der Waals surface area contributed by atoms with Crippen LogP contribution in [-0.2, 0) is 9.53 Å². The normalized spacial score (nSPS) is 10.8. The number of hydrogen-bond acceptors (Lipinski definition) is 4. The van der Waals surface area contributed by atoms with Crippen LogP contribution in [-0.4, -0.2) is 19.0 Å². The van der Waals surface area contributed by atoms with E-state index in [0.29, 0.717) is 10.6 Å². The van der Waals surface area contributed by atoms with Gasteiger partial charge in [-0.05, 0) is 37.5 Å². The standard InChI is InChI=1S/C19H23NO3S/c1-10(2)17(21)20-18-16(19(22)23-6)15(13(5)24-18)14-8-7-11(3)12(4)9-14/h7-10H,1-6H3,(H,20,21). The van der Waals surface area contributed by atoms with E-state index in [-0.39, 0.29) is 11.8 Å². The first-order valence-electron chi connectivity index (χ1n) is 7.86. The van der Waals surface area contributed by atoms with E-state index < -0.39 is 5.97 Å². The molecule has 0 bridgehead atoms. The quantitative estimate of drug-likeness (QED) is 0.816. The molecule has 0 radical (unpaired) electrons. The van der Waals surface area contributed by atoms with Gasteiger partial charge in [-0.25, -0.2) is 4.79 Å². The van der Waals surface area contributed by atoms with Crippen LogP contribution in [0.3, 0.4) is 0 Å². The molecule has 1 aromatic carbocycles. The van der Waals surface area contributed by atoms with Gasteiger partial charge in [-0.3, -0.25) is 4.79 Å². The molecule has 24 heavy (non-hydrogen) atoms. The molecule has 1 aromatic heterocycles. The Labute approximate surface area is 146 Å². The summed E-state index contributed by atoms with van der Waals surface area (Å²) in [7, 11) is 1.35. The lowest BCUT2D eigenvalue weighted by molar-refractivity contribution is -0.118. The highest BCUT2D eigenvalue weighted by molar-refractivity contribution is 7.17. The van der Waals surface area contributed by atoms with E-state index in [9.17, 15) is 9.59 Å². The Hall–Kier alpha value is -2.14. The Morgan fingerprint density at radius 3 is 2.33 bits per heavy atom. The second-order valence-corrected chi connectivity index (χ2v) is 7.40. The molecule has 2 aromatic rings. The largest absolute Gasteiger partial charge is 0.465 e.